The molecule has 0 amide bonds. The summed E-state index contributed by atoms with van der Waals surface area (Å²) >= 11 is 6.14. The highest BCUT2D eigenvalue weighted by molar-refractivity contribution is 7.84. The molecule has 0 saturated heterocycles. The Hall–Kier alpha value is -0.860. The first-order chi connectivity index (χ1) is 9.59. The molecule has 0 aliphatic carbocycles. The van der Waals surface area contributed by atoms with E-state index in [1.807, 2.05) is 0 Å². The molecule has 0 aromatic heterocycles. The average Bonchev–Trinajstić information content (AvgIpc) is 2.34. The first-order valence-corrected chi connectivity index (χ1v) is 8.17. The van der Waals surface area contributed by atoms with Crippen molar-refractivity contribution in [2.45, 2.75) is 39.1 Å². The maximum atomic E-state index is 10.8. The Morgan fingerprint density at radius 2 is 2.19 bits per heavy atom. The second-order valence-electron chi connectivity index (χ2n) is 4.84. The Morgan fingerprint density at radius 3 is 2.67 bits per heavy atom. The van der Waals surface area contributed by atoms with Crippen LogP contribution in [0.3, 0.4) is 0 Å². The summed E-state index contributed by atoms with van der Waals surface area (Å²) in [6.07, 6.45) is 3.07. The van der Waals surface area contributed by atoms with E-state index in [2.05, 4.69) is 10.8 Å². The number of rotatable bonds is 6. The van der Waals surface area contributed by atoms with Gasteiger partial charge >= 0.3 is 10.3 Å². The van der Waals surface area contributed by atoms with Gasteiger partial charge in [0.15, 0.2) is 0 Å². The lowest BCUT2D eigenvalue weighted by Crippen LogP contribution is -2.40. The maximum Gasteiger partial charge on any atom is 0.333 e. The summed E-state index contributed by atoms with van der Waals surface area (Å²) < 4.78 is 37.6. The van der Waals surface area contributed by atoms with Crippen LogP contribution in [0.4, 0.5) is 0 Å². The molecule has 1 aliphatic rings. The molecule has 2 N–H and O–H groups in total. The summed E-state index contributed by atoms with van der Waals surface area (Å²) in [7, 11) is -3.98. The van der Waals surface area contributed by atoms with Crippen molar-refractivity contribution in [2.24, 2.45) is 5.14 Å². The summed E-state index contributed by atoms with van der Waals surface area (Å²) in [4.78, 5) is 0. The van der Waals surface area contributed by atoms with Crippen LogP contribution in [0, 0.1) is 0 Å². The van der Waals surface area contributed by atoms with Crippen molar-refractivity contribution >= 4 is 21.9 Å². The molecule has 0 fully saturated rings. The van der Waals surface area contributed by atoms with E-state index in [1.54, 1.807) is 32.9 Å². The third kappa shape index (κ3) is 5.44. The van der Waals surface area contributed by atoms with Crippen molar-refractivity contribution in [1.82, 2.24) is 0 Å². The van der Waals surface area contributed by atoms with Crippen molar-refractivity contribution in [3.63, 3.8) is 0 Å². The molecule has 1 heterocycles. The highest BCUT2D eigenvalue weighted by atomic mass is 35.5. The fourth-order valence-corrected chi connectivity index (χ4v) is 2.38. The van der Waals surface area contributed by atoms with Gasteiger partial charge in [-0.05, 0) is 6.92 Å². The zero-order valence-electron chi connectivity index (χ0n) is 12.3. The second kappa shape index (κ2) is 6.93. The number of hydrogen-bond acceptors (Lipinski definition) is 5. The molecule has 0 bridgehead atoms. The molecule has 0 aromatic rings. The minimum absolute atomic E-state index is 0.113. The maximum absolute atomic E-state index is 10.8. The number of hydrogen-bond donors (Lipinski definition) is 1. The third-order valence-electron chi connectivity index (χ3n) is 2.70. The molecule has 120 valence electrons. The van der Waals surface area contributed by atoms with Crippen LogP contribution in [-0.4, -0.2) is 26.9 Å². The fraction of sp³-hybridized carbons (Fsp3) is 0.538. The molecule has 0 spiro atoms. The number of allylic oxidation sites excluding steroid dienone is 2. The van der Waals surface area contributed by atoms with Gasteiger partial charge in [0.1, 0.15) is 5.76 Å². The highest BCUT2D eigenvalue weighted by Gasteiger charge is 2.36. The highest BCUT2D eigenvalue weighted by Crippen LogP contribution is 2.36. The average molecular weight is 338 g/mol. The molecule has 0 saturated carbocycles. The second-order valence-corrected chi connectivity index (χ2v) is 6.47. The van der Waals surface area contributed by atoms with Gasteiger partial charge in [-0.1, -0.05) is 30.3 Å². The predicted octanol–water partition coefficient (Wildman–Crippen LogP) is 2.33. The van der Waals surface area contributed by atoms with Crippen molar-refractivity contribution in [1.29, 1.82) is 0 Å². The Labute approximate surface area is 130 Å². The van der Waals surface area contributed by atoms with Gasteiger partial charge in [0.05, 0.1) is 17.7 Å². The largest absolute Gasteiger partial charge is 0.461 e. The number of ether oxygens (including phenoxy) is 2. The van der Waals surface area contributed by atoms with E-state index in [0.29, 0.717) is 16.4 Å². The van der Waals surface area contributed by atoms with E-state index in [1.165, 1.54) is 0 Å². The van der Waals surface area contributed by atoms with Gasteiger partial charge in [-0.15, -0.1) is 0 Å². The lowest BCUT2D eigenvalue weighted by molar-refractivity contribution is -0.224. The summed E-state index contributed by atoms with van der Waals surface area (Å²) in [6.45, 7) is 8.86. The third-order valence-corrected chi connectivity index (χ3v) is 3.59. The first-order valence-electron chi connectivity index (χ1n) is 6.32. The quantitative estimate of drug-likeness (QED) is 0.803. The van der Waals surface area contributed by atoms with Crippen LogP contribution in [0.25, 0.3) is 0 Å². The molecule has 1 aliphatic heterocycles. The predicted molar refractivity (Wildman–Crippen MR) is 80.5 cm³/mol. The molecule has 21 heavy (non-hydrogen) atoms. The summed E-state index contributed by atoms with van der Waals surface area (Å²) in [5.41, 5.74) is 0.635. The van der Waals surface area contributed by atoms with Crippen LogP contribution in [0.5, 0.6) is 0 Å². The van der Waals surface area contributed by atoms with Crippen LogP contribution >= 0.6 is 11.6 Å². The van der Waals surface area contributed by atoms with Crippen LogP contribution in [0.15, 0.2) is 35.1 Å². The van der Waals surface area contributed by atoms with Crippen molar-refractivity contribution < 1.29 is 22.1 Å². The summed E-state index contributed by atoms with van der Waals surface area (Å²) in [5.74, 6) is -0.442. The van der Waals surface area contributed by atoms with Crippen LogP contribution in [-0.2, 0) is 24.0 Å². The summed E-state index contributed by atoms with van der Waals surface area (Å²) in [5, 5.41) is 5.22. The van der Waals surface area contributed by atoms with E-state index in [-0.39, 0.29) is 13.0 Å². The normalized spacial score (nSPS) is 22.9. The zero-order chi connectivity index (χ0) is 16.3. The van der Waals surface area contributed by atoms with Gasteiger partial charge in [-0.25, -0.2) is 5.14 Å². The van der Waals surface area contributed by atoms with Gasteiger partial charge in [0.2, 0.25) is 5.79 Å². The smallest absolute Gasteiger partial charge is 0.333 e. The van der Waals surface area contributed by atoms with Crippen molar-refractivity contribution in [2.75, 3.05) is 6.61 Å². The molecule has 0 radical (unpaired) electrons. The topological polar surface area (TPSA) is 87.8 Å². The standard InChI is InChI=1S/C13H20ClNO5S/c1-5-9-11(7-8-18-21(15,16)17)19-13(3,4)20-12(9)10(14)6-2/h5-6,11H,1,7-8H2,2-4H3,(H2,15,16,17)/b10-6+. The van der Waals surface area contributed by atoms with Gasteiger partial charge in [0, 0.05) is 25.8 Å². The Bertz CT molecular complexity index is 565. The van der Waals surface area contributed by atoms with E-state index < -0.39 is 22.2 Å². The molecular formula is C13H20ClNO5S. The molecule has 1 unspecified atom stereocenters. The first kappa shape index (κ1) is 18.2. The Kier molecular flexibility index (Phi) is 6.01. The lowest BCUT2D eigenvalue weighted by atomic mass is 10.0. The molecule has 8 heteroatoms. The molecular weight excluding hydrogens is 318 g/mol. The van der Waals surface area contributed by atoms with Gasteiger partial charge < -0.3 is 9.47 Å². The monoisotopic (exact) mass is 337 g/mol. The van der Waals surface area contributed by atoms with Gasteiger partial charge in [-0.3, -0.25) is 4.18 Å². The van der Waals surface area contributed by atoms with Gasteiger partial charge in [0.25, 0.3) is 0 Å². The van der Waals surface area contributed by atoms with Gasteiger partial charge in [-0.2, -0.15) is 8.42 Å². The lowest BCUT2D eigenvalue weighted by Gasteiger charge is -2.38. The molecule has 1 atom stereocenters. The van der Waals surface area contributed by atoms with E-state index in [9.17, 15) is 8.42 Å². The van der Waals surface area contributed by atoms with Crippen molar-refractivity contribution in [3.8, 4) is 0 Å². The van der Waals surface area contributed by atoms with Crippen LogP contribution in [0.2, 0.25) is 0 Å². The Morgan fingerprint density at radius 1 is 1.57 bits per heavy atom. The molecule has 0 aromatic carbocycles. The fourth-order valence-electron chi connectivity index (χ4n) is 1.91. The van der Waals surface area contributed by atoms with Crippen molar-refractivity contribution in [3.05, 3.63) is 35.1 Å². The number of nitrogens with two attached hydrogens (primary N) is 1. The van der Waals surface area contributed by atoms with Crippen LogP contribution < -0.4 is 5.14 Å². The molecule has 1 rings (SSSR count). The van der Waals surface area contributed by atoms with Crippen LogP contribution in [0.1, 0.15) is 27.2 Å². The zero-order valence-corrected chi connectivity index (χ0v) is 13.8. The summed E-state index contributed by atoms with van der Waals surface area (Å²) in [6, 6.07) is 0. The minimum Gasteiger partial charge on any atom is -0.461 e. The number of halogens is 1. The van der Waals surface area contributed by atoms with E-state index in [0.717, 1.165) is 0 Å². The minimum atomic E-state index is -3.98. The Balaban J connectivity index is 3.01. The molecule has 6 nitrogen and oxygen atoms in total. The van der Waals surface area contributed by atoms with E-state index >= 15 is 0 Å². The van der Waals surface area contributed by atoms with E-state index in [4.69, 9.17) is 26.2 Å². The SMILES string of the molecule is C=CC1=C(/C(Cl)=C\C)OC(C)(C)OC1CCOS(N)(=O)=O.